The highest BCUT2D eigenvalue weighted by molar-refractivity contribution is 6.10. The van der Waals surface area contributed by atoms with Crippen LogP contribution in [-0.4, -0.2) is 27.9 Å². The van der Waals surface area contributed by atoms with E-state index in [4.69, 9.17) is 4.98 Å². The molecule has 2 aromatic carbocycles. The van der Waals surface area contributed by atoms with Crippen LogP contribution in [0.1, 0.15) is 47.1 Å². The predicted molar refractivity (Wildman–Crippen MR) is 139 cm³/mol. The van der Waals surface area contributed by atoms with Crippen LogP contribution in [-0.2, 0) is 0 Å². The fourth-order valence-corrected chi connectivity index (χ4v) is 4.68. The van der Waals surface area contributed by atoms with Gasteiger partial charge in [-0.05, 0) is 72.2 Å². The highest BCUT2D eigenvalue weighted by atomic mass is 16.1. The zero-order valence-corrected chi connectivity index (χ0v) is 20.2. The summed E-state index contributed by atoms with van der Waals surface area (Å²) in [6, 6.07) is 16.9. The van der Waals surface area contributed by atoms with Crippen LogP contribution in [0, 0.1) is 13.8 Å². The van der Waals surface area contributed by atoms with Crippen LogP contribution in [0.4, 0.5) is 0 Å². The first-order valence-corrected chi connectivity index (χ1v) is 11.6. The number of H-pyrrole nitrogens is 1. The van der Waals surface area contributed by atoms with E-state index in [1.54, 1.807) is 7.05 Å². The molecule has 5 heteroatoms. The van der Waals surface area contributed by atoms with E-state index in [9.17, 15) is 4.79 Å². The summed E-state index contributed by atoms with van der Waals surface area (Å²) < 4.78 is 0. The van der Waals surface area contributed by atoms with Gasteiger partial charge < -0.3 is 10.3 Å². The van der Waals surface area contributed by atoms with Gasteiger partial charge in [-0.15, -0.1) is 0 Å². The lowest BCUT2D eigenvalue weighted by Crippen LogP contribution is -2.18. The molecule has 0 saturated heterocycles. The molecule has 3 heterocycles. The van der Waals surface area contributed by atoms with Crippen LogP contribution >= 0.6 is 0 Å². The topological polar surface area (TPSA) is 70.7 Å². The summed E-state index contributed by atoms with van der Waals surface area (Å²) in [6.45, 7) is 8.30. The number of aromatic amines is 1. The monoisotopic (exact) mass is 448 g/mol. The Hall–Kier alpha value is -3.99. The van der Waals surface area contributed by atoms with Gasteiger partial charge in [-0.1, -0.05) is 32.0 Å². The third-order valence-electron chi connectivity index (χ3n) is 6.48. The third kappa shape index (κ3) is 3.63. The van der Waals surface area contributed by atoms with Crippen LogP contribution in [0.15, 0.2) is 60.9 Å². The van der Waals surface area contributed by atoms with Gasteiger partial charge in [-0.3, -0.25) is 14.8 Å². The van der Waals surface area contributed by atoms with Gasteiger partial charge in [0.2, 0.25) is 0 Å². The summed E-state index contributed by atoms with van der Waals surface area (Å²) in [5.74, 6) is 0.221. The Morgan fingerprint density at radius 1 is 0.941 bits per heavy atom. The van der Waals surface area contributed by atoms with Crippen molar-refractivity contribution in [2.45, 2.75) is 33.6 Å². The first-order chi connectivity index (χ1) is 16.4. The molecule has 0 saturated carbocycles. The highest BCUT2D eigenvalue weighted by Crippen LogP contribution is 2.37. The fraction of sp³-hybridized carbons (Fsp3) is 0.207. The molecule has 0 aliphatic carbocycles. The molecule has 0 bridgehead atoms. The molecular weight excluding hydrogens is 420 g/mol. The number of fused-ring (bicyclic) bond motifs is 2. The van der Waals surface area contributed by atoms with Crippen molar-refractivity contribution >= 4 is 27.6 Å². The number of amides is 1. The van der Waals surface area contributed by atoms with Crippen LogP contribution < -0.4 is 5.32 Å². The number of nitrogens with zero attached hydrogens (tertiary/aromatic N) is 2. The van der Waals surface area contributed by atoms with E-state index in [1.165, 1.54) is 5.56 Å². The normalized spacial score (nSPS) is 11.5. The Morgan fingerprint density at radius 2 is 1.76 bits per heavy atom. The minimum Gasteiger partial charge on any atom is -0.358 e. The van der Waals surface area contributed by atoms with Crippen molar-refractivity contribution in [1.82, 2.24) is 20.3 Å². The summed E-state index contributed by atoms with van der Waals surface area (Å²) in [6.07, 6.45) is 3.81. The second-order valence-electron chi connectivity index (χ2n) is 9.13. The second kappa shape index (κ2) is 8.41. The van der Waals surface area contributed by atoms with Crippen molar-refractivity contribution in [3.05, 3.63) is 83.4 Å². The van der Waals surface area contributed by atoms with E-state index >= 15 is 0 Å². The van der Waals surface area contributed by atoms with Crippen molar-refractivity contribution in [3.63, 3.8) is 0 Å². The van der Waals surface area contributed by atoms with E-state index in [0.29, 0.717) is 11.5 Å². The van der Waals surface area contributed by atoms with E-state index in [1.807, 2.05) is 32.3 Å². The molecule has 5 nitrogen and oxygen atoms in total. The number of aryl methyl sites for hydroxylation is 2. The number of benzene rings is 2. The third-order valence-corrected chi connectivity index (χ3v) is 6.48. The van der Waals surface area contributed by atoms with Crippen LogP contribution in [0.2, 0.25) is 0 Å². The lowest BCUT2D eigenvalue weighted by atomic mass is 9.91. The molecule has 1 amide bonds. The molecule has 0 atom stereocenters. The van der Waals surface area contributed by atoms with Crippen molar-refractivity contribution < 1.29 is 4.79 Å². The van der Waals surface area contributed by atoms with Crippen molar-refractivity contribution in [2.75, 3.05) is 7.05 Å². The highest BCUT2D eigenvalue weighted by Gasteiger charge is 2.20. The molecule has 34 heavy (non-hydrogen) atoms. The number of aromatic nitrogens is 3. The Bertz CT molecular complexity index is 1540. The van der Waals surface area contributed by atoms with Crippen LogP contribution in [0.25, 0.3) is 44.1 Å². The lowest BCUT2D eigenvalue weighted by Gasteiger charge is -2.14. The first kappa shape index (κ1) is 21.8. The number of pyridine rings is 2. The van der Waals surface area contributed by atoms with Gasteiger partial charge >= 0.3 is 0 Å². The van der Waals surface area contributed by atoms with Crippen molar-refractivity contribution in [3.8, 4) is 22.4 Å². The number of carbonyl (C=O) groups is 1. The maximum absolute atomic E-state index is 12.7. The molecule has 5 rings (SSSR count). The minimum absolute atomic E-state index is 0.0773. The SMILES string of the molecule is CNC(=O)c1c(C)[nH]c2c(C(C)C)cc(-c3cccc4cc(-c5ccc(C)nc5)ncc34)cc12. The Kier molecular flexibility index (Phi) is 5.40. The molecule has 3 aromatic heterocycles. The quantitative estimate of drug-likeness (QED) is 0.328. The Morgan fingerprint density at radius 3 is 2.47 bits per heavy atom. The predicted octanol–water partition coefficient (Wildman–Crippen LogP) is 6.54. The summed E-state index contributed by atoms with van der Waals surface area (Å²) in [4.78, 5) is 25.3. The fourth-order valence-electron chi connectivity index (χ4n) is 4.68. The molecule has 5 aromatic rings. The minimum atomic E-state index is -0.0773. The number of hydrogen-bond donors (Lipinski definition) is 2. The Balaban J connectivity index is 1.72. The van der Waals surface area contributed by atoms with Crippen molar-refractivity contribution in [2.24, 2.45) is 0 Å². The first-order valence-electron chi connectivity index (χ1n) is 11.6. The van der Waals surface area contributed by atoms with Gasteiger partial charge in [0, 0.05) is 52.7 Å². The average molecular weight is 449 g/mol. The summed E-state index contributed by atoms with van der Waals surface area (Å²) in [5, 5.41) is 5.93. The molecule has 170 valence electrons. The average Bonchev–Trinajstić information content (AvgIpc) is 3.18. The Labute approximate surface area is 199 Å². The molecule has 0 fully saturated rings. The smallest absolute Gasteiger partial charge is 0.253 e. The molecular formula is C29H28N4O. The van der Waals surface area contributed by atoms with Gasteiger partial charge in [-0.2, -0.15) is 0 Å². The zero-order chi connectivity index (χ0) is 24.0. The van der Waals surface area contributed by atoms with Crippen LogP contribution in [0.3, 0.4) is 0 Å². The second-order valence-corrected chi connectivity index (χ2v) is 9.13. The maximum atomic E-state index is 12.7. The van der Waals surface area contributed by atoms with Gasteiger partial charge in [0.05, 0.1) is 11.3 Å². The summed E-state index contributed by atoms with van der Waals surface area (Å²) >= 11 is 0. The van der Waals surface area contributed by atoms with Gasteiger partial charge in [-0.25, -0.2) is 0 Å². The standard InChI is InChI=1S/C29H28N4O/c1-16(2)23-11-21(12-24-27(29(34)30-5)18(4)33-28(23)24)22-8-6-7-19-13-26(32-15-25(19)22)20-10-9-17(3)31-14-20/h6-16,33H,1-5H3,(H,30,34). The number of rotatable bonds is 4. The van der Waals surface area contributed by atoms with Gasteiger partial charge in [0.15, 0.2) is 0 Å². The van der Waals surface area contributed by atoms with E-state index in [-0.39, 0.29) is 5.91 Å². The maximum Gasteiger partial charge on any atom is 0.253 e. The summed E-state index contributed by atoms with van der Waals surface area (Å²) in [5.41, 5.74) is 8.87. The lowest BCUT2D eigenvalue weighted by molar-refractivity contribution is 0.0964. The molecule has 0 spiro atoms. The van der Waals surface area contributed by atoms with E-state index in [2.05, 4.69) is 71.6 Å². The number of hydrogen-bond acceptors (Lipinski definition) is 3. The number of carbonyl (C=O) groups excluding carboxylic acids is 1. The summed E-state index contributed by atoms with van der Waals surface area (Å²) in [7, 11) is 1.67. The van der Waals surface area contributed by atoms with Gasteiger partial charge in [0.1, 0.15) is 0 Å². The number of nitrogens with one attached hydrogen (secondary N) is 2. The molecule has 0 aliphatic heterocycles. The van der Waals surface area contributed by atoms with Crippen molar-refractivity contribution in [1.29, 1.82) is 0 Å². The molecule has 0 radical (unpaired) electrons. The largest absolute Gasteiger partial charge is 0.358 e. The molecule has 0 unspecified atom stereocenters. The van der Waals surface area contributed by atoms with E-state index < -0.39 is 0 Å². The molecule has 2 N–H and O–H groups in total. The van der Waals surface area contributed by atoms with Gasteiger partial charge in [0.25, 0.3) is 5.91 Å². The van der Waals surface area contributed by atoms with E-state index in [0.717, 1.165) is 55.4 Å². The molecule has 0 aliphatic rings. The van der Waals surface area contributed by atoms with Crippen LogP contribution in [0.5, 0.6) is 0 Å². The zero-order valence-electron chi connectivity index (χ0n) is 20.2.